The molecule has 30 heteroatoms. The lowest BCUT2D eigenvalue weighted by molar-refractivity contribution is -0.123. The Morgan fingerprint density at radius 3 is 1.45 bits per heavy atom. The number of thioether (sulfide) groups is 1. The van der Waals surface area contributed by atoms with Crippen molar-refractivity contribution in [2.75, 3.05) is 35.0 Å². The molecular formula is C73H73N7O17S6. The van der Waals surface area contributed by atoms with Gasteiger partial charge in [0.2, 0.25) is 0 Å². The topological polar surface area (TPSA) is 319 Å². The number of nitrogens with one attached hydrogen (secondary N) is 1. The fraction of sp³-hybridized carbons (Fsp3) is 0.205. The first kappa shape index (κ1) is 79.4. The standard InChI is InChI=1S/C17H19NO4S.C15H15NO4S2.C14H11N3O3S.C14H15NO3S.C13H13NO3S/c1-11(19)6-5-9-18-12(2)23-15(17(18)21)10-13-7-4-8-14(22-3)16(13)20;1-9(17)6-7-16-14(19)12(22-15(16)21)8-10-4-3-5-11(20-2)13(10)18;1-9-17-14(18)12(21-9)6-10-2-4-11(5-3-10)19-7-13-15-8-16-20-13;1-4-15-9(2)19-12(14(15)17)8-10-6-5-7-11(18-3)13(10)16;1-8-14(2)13(16)11(18-8)7-9-5-4-6-10(17-3)12(9)15/h4,7-8,10,20H,2,5-6,9H2,1,3H3;3-5,8,18H,6-7H2,1-2H3;2-6,8H,1,7H2,(H,17,18);5-8,16H,2,4H2,1,3H3;4-7,15H,1H2,2-3H3/b15-10-;12-8-;12-6-;12-8-;11-7-. The number of rotatable bonds is 20. The van der Waals surface area contributed by atoms with E-state index in [0.29, 0.717) is 129 Å². The summed E-state index contributed by atoms with van der Waals surface area (Å²) in [5.74, 6) is 2.44. The number of amides is 1. The van der Waals surface area contributed by atoms with E-state index >= 15 is 0 Å². The maximum atomic E-state index is 12.4. The lowest BCUT2D eigenvalue weighted by atomic mass is 10.1. The Labute approximate surface area is 614 Å². The predicted octanol–water partition coefficient (Wildman–Crippen LogP) is 5.73. The Morgan fingerprint density at radius 2 is 1.04 bits per heavy atom. The summed E-state index contributed by atoms with van der Waals surface area (Å²) in [7, 11) is 7.57. The monoisotopic (exact) mass is 1510 g/mol. The van der Waals surface area contributed by atoms with Crippen LogP contribution in [0.4, 0.5) is 0 Å². The summed E-state index contributed by atoms with van der Waals surface area (Å²) in [6.45, 7) is 21.7. The van der Waals surface area contributed by atoms with Crippen molar-refractivity contribution in [2.45, 2.75) is 59.7 Å². The van der Waals surface area contributed by atoms with Crippen molar-refractivity contribution in [2.24, 2.45) is 7.05 Å². The number of phenols is 4. The zero-order valence-electron chi connectivity index (χ0n) is 57.2. The van der Waals surface area contributed by atoms with Crippen LogP contribution in [-0.4, -0.2) is 111 Å². The molecule has 0 aliphatic carbocycles. The molecule has 5 N–H and O–H groups in total. The van der Waals surface area contributed by atoms with E-state index in [-0.39, 0.29) is 82.3 Å². The zero-order valence-corrected chi connectivity index (χ0v) is 62.1. The van der Waals surface area contributed by atoms with Crippen LogP contribution >= 0.6 is 69.3 Å². The molecule has 538 valence electrons. The van der Waals surface area contributed by atoms with Crippen LogP contribution in [0.5, 0.6) is 51.7 Å². The van der Waals surface area contributed by atoms with Gasteiger partial charge in [0.1, 0.15) is 21.6 Å². The second kappa shape index (κ2) is 37.7. The summed E-state index contributed by atoms with van der Waals surface area (Å²) in [5.41, 5.74) is 2.52. The smallest absolute Gasteiger partial charge is 0.269 e. The highest BCUT2D eigenvalue weighted by Crippen LogP contribution is 2.37. The molecule has 10 aromatic rings. The number of para-hydroxylation sites is 4. The predicted molar refractivity (Wildman–Crippen MR) is 409 cm³/mol. The molecule has 0 radical (unpaired) electrons. The van der Waals surface area contributed by atoms with Crippen molar-refractivity contribution in [3.8, 4) is 51.7 Å². The number of aromatic nitrogens is 6. The van der Waals surface area contributed by atoms with Gasteiger partial charge in [-0.1, -0.05) is 116 Å². The van der Waals surface area contributed by atoms with Crippen LogP contribution in [-0.2, 0) is 41.1 Å². The number of H-pyrrole nitrogens is 1. The average Bonchev–Trinajstić information content (AvgIpc) is 1.71. The van der Waals surface area contributed by atoms with Crippen molar-refractivity contribution in [1.29, 1.82) is 0 Å². The van der Waals surface area contributed by atoms with Crippen molar-refractivity contribution in [3.63, 3.8) is 0 Å². The second-order valence-electron chi connectivity index (χ2n) is 21.7. The highest BCUT2D eigenvalue weighted by atomic mass is 32.2. The van der Waals surface area contributed by atoms with Gasteiger partial charge in [0.25, 0.3) is 34.0 Å². The number of carbonyl (C=O) groups is 3. The largest absolute Gasteiger partial charge is 0.504 e. The number of methoxy groups -OCH3 is 4. The molecule has 0 unspecified atom stereocenters. The maximum Gasteiger partial charge on any atom is 0.269 e. The van der Waals surface area contributed by atoms with E-state index in [1.807, 2.05) is 31.2 Å². The number of phenolic OH excluding ortho intramolecular Hbond substituents is 4. The van der Waals surface area contributed by atoms with Crippen LogP contribution in [0.2, 0.25) is 0 Å². The minimum Gasteiger partial charge on any atom is -0.504 e. The van der Waals surface area contributed by atoms with E-state index < -0.39 is 0 Å². The van der Waals surface area contributed by atoms with Crippen molar-refractivity contribution >= 4 is 148 Å². The molecule has 1 fully saturated rings. The zero-order chi connectivity index (χ0) is 75.2. The molecule has 5 aromatic heterocycles. The number of thiazole rings is 4. The van der Waals surface area contributed by atoms with Gasteiger partial charge < -0.3 is 63.0 Å². The number of aromatic amines is 1. The molecule has 6 heterocycles. The number of benzene rings is 5. The Balaban J connectivity index is 0.000000181. The molecule has 0 spiro atoms. The van der Waals surface area contributed by atoms with E-state index in [1.54, 1.807) is 119 Å². The van der Waals surface area contributed by atoms with E-state index in [4.69, 9.17) is 40.4 Å². The third kappa shape index (κ3) is 21.3. The van der Waals surface area contributed by atoms with Gasteiger partial charge >= 0.3 is 0 Å². The quantitative estimate of drug-likeness (QED) is 0.0449. The highest BCUT2D eigenvalue weighted by Gasteiger charge is 2.32. The number of nitrogens with zero attached hydrogens (tertiary/aromatic N) is 6. The van der Waals surface area contributed by atoms with Crippen LogP contribution in [0.3, 0.4) is 0 Å². The third-order valence-corrected chi connectivity index (χ3v) is 19.9. The fourth-order valence-corrected chi connectivity index (χ4v) is 14.1. The van der Waals surface area contributed by atoms with E-state index in [0.717, 1.165) is 17.3 Å². The molecule has 1 aliphatic heterocycles. The van der Waals surface area contributed by atoms with Crippen molar-refractivity contribution in [3.05, 3.63) is 220 Å². The first-order valence-corrected chi connectivity index (χ1v) is 35.4. The van der Waals surface area contributed by atoms with Crippen LogP contribution in [0.25, 0.3) is 56.7 Å². The second-order valence-corrected chi connectivity index (χ2v) is 27.9. The average molecular weight is 1510 g/mol. The molecule has 0 saturated carbocycles. The molecule has 1 saturated heterocycles. The van der Waals surface area contributed by atoms with Crippen LogP contribution in [0.1, 0.15) is 73.7 Å². The first-order chi connectivity index (χ1) is 49.2. The van der Waals surface area contributed by atoms with Gasteiger partial charge in [-0.3, -0.25) is 42.8 Å². The number of ether oxygens (including phenoxy) is 5. The summed E-state index contributed by atoms with van der Waals surface area (Å²) in [5, 5.41) is 43.6. The van der Waals surface area contributed by atoms with Crippen LogP contribution in [0.15, 0.2) is 132 Å². The molecule has 103 heavy (non-hydrogen) atoms. The van der Waals surface area contributed by atoms with Crippen LogP contribution < -0.4 is 82.7 Å². The summed E-state index contributed by atoms with van der Waals surface area (Å²) < 4.78 is 40.4. The van der Waals surface area contributed by atoms with Gasteiger partial charge in [-0.25, -0.2) is 0 Å². The third-order valence-electron chi connectivity index (χ3n) is 14.7. The van der Waals surface area contributed by atoms with Gasteiger partial charge in [0.05, 0.1) is 70.1 Å². The summed E-state index contributed by atoms with van der Waals surface area (Å²) in [6, 6.07) is 27.8. The summed E-state index contributed by atoms with van der Waals surface area (Å²) in [6.07, 6.45) is 10.9. The SMILES string of the molecule is C=c1[nH]c(=O)/c(=C/c2ccc(OCc3ncno3)cc2)s1.C=c1s/c(=C\c2cccc(OC)c2O)c(=O)n1C.C=c1s/c(=C\c2cccc(OC)c2O)c(=O)n1CC.C=c1s/c(=C\c2cccc(OC)c2O)c(=O)n1CCCC(C)=O.COc1cccc(/C=C2\SC(=S)N(CCC(C)=O)C2=O)c1O. The minimum absolute atomic E-state index is 0.00320. The lowest BCUT2D eigenvalue weighted by Gasteiger charge is -2.12. The highest BCUT2D eigenvalue weighted by molar-refractivity contribution is 8.26. The molecule has 0 bridgehead atoms. The van der Waals surface area contributed by atoms with Crippen LogP contribution in [0, 0.1) is 0 Å². The van der Waals surface area contributed by atoms with Gasteiger partial charge in [-0.2, -0.15) is 4.98 Å². The Bertz CT molecular complexity index is 5500. The van der Waals surface area contributed by atoms with Crippen molar-refractivity contribution in [1.82, 2.24) is 33.7 Å². The molecule has 24 nitrogen and oxygen atoms in total. The Hall–Kier alpha value is -10.9. The molecule has 5 aromatic carbocycles. The molecule has 0 atom stereocenters. The lowest BCUT2D eigenvalue weighted by Crippen LogP contribution is -2.31. The maximum absolute atomic E-state index is 12.4. The Morgan fingerprint density at radius 1 is 0.583 bits per heavy atom. The number of carbonyl (C=O) groups excluding carboxylic acids is 3. The normalized spacial score (nSPS) is 12.7. The van der Waals surface area contributed by atoms with Gasteiger partial charge in [0, 0.05) is 61.8 Å². The number of Topliss-reactive ketones (excluding diaryl/α,β-unsaturated/α-hetero) is 2. The number of thiocarbonyl (C=S) groups is 1. The van der Waals surface area contributed by atoms with Gasteiger partial charge in [0.15, 0.2) is 58.9 Å². The molecule has 11 rings (SSSR count). The van der Waals surface area contributed by atoms with Gasteiger partial charge in [-0.15, -0.1) is 45.3 Å². The summed E-state index contributed by atoms with van der Waals surface area (Å²) in [4.78, 5) is 90.7. The molecule has 1 aliphatic rings. The van der Waals surface area contributed by atoms with E-state index in [1.165, 1.54) is 103 Å². The summed E-state index contributed by atoms with van der Waals surface area (Å²) >= 11 is 11.5. The number of ketones is 2. The molecule has 1 amide bonds. The van der Waals surface area contributed by atoms with Gasteiger partial charge in [-0.05, 0) is 99.5 Å². The van der Waals surface area contributed by atoms with Crippen molar-refractivity contribution < 1.29 is 63.0 Å². The molecular weight excluding hydrogens is 1440 g/mol. The number of aromatic hydroxyl groups is 4. The number of hydrogen-bond acceptors (Lipinski definition) is 25. The minimum atomic E-state index is -0.251. The number of hydrogen-bond donors (Lipinski definition) is 5. The van der Waals surface area contributed by atoms with E-state index in [9.17, 15) is 54.0 Å². The first-order valence-electron chi connectivity index (χ1n) is 30.9. The Kier molecular flexibility index (Phi) is 29.1. The fourth-order valence-electron chi connectivity index (χ4n) is 9.28. The van der Waals surface area contributed by atoms with E-state index in [2.05, 4.69) is 41.4 Å².